The van der Waals surface area contributed by atoms with Gasteiger partial charge in [-0.2, -0.15) is 0 Å². The predicted octanol–water partition coefficient (Wildman–Crippen LogP) is 1.16. The smallest absolute Gasteiger partial charge is 0.254 e. The van der Waals surface area contributed by atoms with Crippen LogP contribution in [-0.4, -0.2) is 35.1 Å². The van der Waals surface area contributed by atoms with E-state index in [4.69, 9.17) is 0 Å². The van der Waals surface area contributed by atoms with Crippen molar-refractivity contribution in [2.45, 2.75) is 18.1 Å². The number of aliphatic hydroxyl groups is 1. The number of nitrogens with zero attached hydrogens (tertiary/aromatic N) is 1. The highest BCUT2D eigenvalue weighted by atomic mass is 16.3. The monoisotopic (exact) mass is 215 g/mol. The molecule has 82 valence electrons. The number of hydrogen-bond acceptors (Lipinski definition) is 2. The Hall–Kier alpha value is -1.61. The molecular weight excluding hydrogens is 202 g/mol. The van der Waals surface area contributed by atoms with Gasteiger partial charge in [0.05, 0.1) is 12.1 Å². The van der Waals surface area contributed by atoms with Crippen LogP contribution in [0.4, 0.5) is 0 Å². The summed E-state index contributed by atoms with van der Waals surface area (Å²) in [6.45, 7) is 0. The Balaban J connectivity index is 2.24. The number of benzene rings is 1. The van der Waals surface area contributed by atoms with Crippen LogP contribution >= 0.6 is 0 Å². The van der Waals surface area contributed by atoms with Crippen molar-refractivity contribution in [2.24, 2.45) is 0 Å². The Morgan fingerprint density at radius 2 is 2.00 bits per heavy atom. The van der Waals surface area contributed by atoms with Crippen molar-refractivity contribution in [3.8, 4) is 0 Å². The number of aliphatic hydroxyl groups excluding tert-OH is 1. The van der Waals surface area contributed by atoms with Gasteiger partial charge >= 0.3 is 0 Å². The summed E-state index contributed by atoms with van der Waals surface area (Å²) in [4.78, 5) is 13.8. The second-order valence-corrected chi connectivity index (χ2v) is 4.40. The van der Waals surface area contributed by atoms with Gasteiger partial charge in [-0.1, -0.05) is 30.4 Å². The van der Waals surface area contributed by atoms with Crippen LogP contribution in [0.5, 0.6) is 0 Å². The standard InChI is InChI=1S/C13H13NO2/c1-14-11-7-6-9(12(11)15)8-4-2-3-5-10(8)13(14)16/h2-7,9,11-12,15H,1H3/t9-,11-,12?/m0/s1. The molecule has 3 rings (SSSR count). The largest absolute Gasteiger partial charge is 0.390 e. The third-order valence-corrected chi connectivity index (χ3v) is 3.55. The van der Waals surface area contributed by atoms with Crippen molar-refractivity contribution < 1.29 is 9.90 Å². The van der Waals surface area contributed by atoms with Gasteiger partial charge in [0.2, 0.25) is 0 Å². The van der Waals surface area contributed by atoms with Crippen LogP contribution in [0, 0.1) is 0 Å². The fourth-order valence-corrected chi connectivity index (χ4v) is 2.63. The normalized spacial score (nSPS) is 31.5. The van der Waals surface area contributed by atoms with E-state index < -0.39 is 6.10 Å². The Bertz CT molecular complexity index is 481. The molecule has 2 aliphatic rings. The summed E-state index contributed by atoms with van der Waals surface area (Å²) in [7, 11) is 1.74. The summed E-state index contributed by atoms with van der Waals surface area (Å²) >= 11 is 0. The molecule has 0 aromatic heterocycles. The maximum atomic E-state index is 12.2. The lowest BCUT2D eigenvalue weighted by Crippen LogP contribution is -2.40. The van der Waals surface area contributed by atoms with E-state index in [0.29, 0.717) is 5.56 Å². The lowest BCUT2D eigenvalue weighted by Gasteiger charge is -2.24. The van der Waals surface area contributed by atoms with E-state index in [1.807, 2.05) is 36.4 Å². The second kappa shape index (κ2) is 3.19. The highest BCUT2D eigenvalue weighted by molar-refractivity contribution is 5.97. The van der Waals surface area contributed by atoms with Crippen molar-refractivity contribution in [3.05, 3.63) is 47.5 Å². The van der Waals surface area contributed by atoms with Crippen LogP contribution in [-0.2, 0) is 0 Å². The molecule has 1 amide bonds. The van der Waals surface area contributed by atoms with Gasteiger partial charge in [-0.3, -0.25) is 4.79 Å². The Morgan fingerprint density at radius 1 is 1.25 bits per heavy atom. The minimum absolute atomic E-state index is 0.00787. The highest BCUT2D eigenvalue weighted by Crippen LogP contribution is 2.37. The molecule has 0 saturated carbocycles. The molecule has 1 aliphatic heterocycles. The minimum Gasteiger partial charge on any atom is -0.390 e. The summed E-state index contributed by atoms with van der Waals surface area (Å²) in [5.41, 5.74) is 1.64. The minimum atomic E-state index is -0.516. The average Bonchev–Trinajstić information content (AvgIpc) is 2.66. The molecule has 0 spiro atoms. The van der Waals surface area contributed by atoms with E-state index in [1.165, 1.54) is 0 Å². The number of carbonyl (C=O) groups excluding carboxylic acids is 1. The fraction of sp³-hybridized carbons (Fsp3) is 0.308. The third kappa shape index (κ3) is 1.09. The number of hydrogen-bond donors (Lipinski definition) is 1. The molecular formula is C13H13NO2. The first-order chi connectivity index (χ1) is 7.70. The van der Waals surface area contributed by atoms with E-state index in [1.54, 1.807) is 11.9 Å². The highest BCUT2D eigenvalue weighted by Gasteiger charge is 2.40. The first-order valence-electron chi connectivity index (χ1n) is 5.42. The van der Waals surface area contributed by atoms with Crippen molar-refractivity contribution in [1.82, 2.24) is 4.90 Å². The number of fused-ring (bicyclic) bond motifs is 4. The molecule has 1 aromatic rings. The van der Waals surface area contributed by atoms with Crippen LogP contribution in [0.15, 0.2) is 36.4 Å². The van der Waals surface area contributed by atoms with Crippen LogP contribution in [0.1, 0.15) is 21.8 Å². The van der Waals surface area contributed by atoms with Gasteiger partial charge in [0.25, 0.3) is 5.91 Å². The van der Waals surface area contributed by atoms with Gasteiger partial charge in [-0.25, -0.2) is 0 Å². The van der Waals surface area contributed by atoms with Gasteiger partial charge < -0.3 is 10.0 Å². The number of carbonyl (C=O) groups is 1. The Morgan fingerprint density at radius 3 is 2.81 bits per heavy atom. The maximum absolute atomic E-state index is 12.2. The quantitative estimate of drug-likeness (QED) is 0.660. The zero-order valence-electron chi connectivity index (χ0n) is 9.00. The molecule has 3 heteroatoms. The summed E-state index contributed by atoms with van der Waals surface area (Å²) in [5, 5.41) is 10.2. The molecule has 3 nitrogen and oxygen atoms in total. The maximum Gasteiger partial charge on any atom is 0.254 e. The third-order valence-electron chi connectivity index (χ3n) is 3.55. The summed E-state index contributed by atoms with van der Waals surface area (Å²) < 4.78 is 0. The molecule has 1 aliphatic carbocycles. The van der Waals surface area contributed by atoms with Crippen molar-refractivity contribution in [3.63, 3.8) is 0 Å². The Kier molecular flexibility index (Phi) is 1.91. The fourth-order valence-electron chi connectivity index (χ4n) is 2.63. The molecule has 1 aromatic carbocycles. The second-order valence-electron chi connectivity index (χ2n) is 4.40. The zero-order chi connectivity index (χ0) is 11.3. The van der Waals surface area contributed by atoms with Gasteiger partial charge in [0.1, 0.15) is 0 Å². The van der Waals surface area contributed by atoms with Crippen LogP contribution in [0.3, 0.4) is 0 Å². The molecule has 1 heterocycles. The van der Waals surface area contributed by atoms with Crippen LogP contribution in [0.25, 0.3) is 0 Å². The predicted molar refractivity (Wildman–Crippen MR) is 60.2 cm³/mol. The summed E-state index contributed by atoms with van der Waals surface area (Å²) in [5.74, 6) is -0.0541. The van der Waals surface area contributed by atoms with Crippen LogP contribution < -0.4 is 0 Å². The van der Waals surface area contributed by atoms with Crippen LogP contribution in [0.2, 0.25) is 0 Å². The number of rotatable bonds is 0. The van der Waals surface area contributed by atoms with Gasteiger partial charge in [-0.05, 0) is 11.6 Å². The van der Waals surface area contributed by atoms with Crippen molar-refractivity contribution in [2.75, 3.05) is 7.05 Å². The molecule has 16 heavy (non-hydrogen) atoms. The number of amides is 1. The SMILES string of the molecule is CN1C(=O)c2ccccc2[C@@H]2C=C[C@H]1C2O. The van der Waals surface area contributed by atoms with Crippen molar-refractivity contribution >= 4 is 5.91 Å². The number of likely N-dealkylation sites (N-methyl/N-ethyl adjacent to an activating group) is 1. The van der Waals surface area contributed by atoms with Gasteiger partial charge in [-0.15, -0.1) is 0 Å². The molecule has 1 unspecified atom stereocenters. The van der Waals surface area contributed by atoms with E-state index in [0.717, 1.165) is 5.56 Å². The van der Waals surface area contributed by atoms with Gasteiger partial charge in [0, 0.05) is 18.5 Å². The van der Waals surface area contributed by atoms with E-state index in [-0.39, 0.29) is 17.9 Å². The lowest BCUT2D eigenvalue weighted by atomic mass is 9.92. The lowest BCUT2D eigenvalue weighted by molar-refractivity contribution is 0.0596. The first-order valence-corrected chi connectivity index (χ1v) is 5.42. The van der Waals surface area contributed by atoms with E-state index in [9.17, 15) is 9.90 Å². The van der Waals surface area contributed by atoms with E-state index in [2.05, 4.69) is 0 Å². The molecule has 0 fully saturated rings. The average molecular weight is 215 g/mol. The van der Waals surface area contributed by atoms with E-state index >= 15 is 0 Å². The van der Waals surface area contributed by atoms with Gasteiger partial charge in [0.15, 0.2) is 0 Å². The van der Waals surface area contributed by atoms with Crippen molar-refractivity contribution in [1.29, 1.82) is 0 Å². The molecule has 1 N–H and O–H groups in total. The first kappa shape index (κ1) is 9.60. The summed E-state index contributed by atoms with van der Waals surface area (Å²) in [6.07, 6.45) is 3.40. The molecule has 3 atom stereocenters. The molecule has 2 bridgehead atoms. The summed E-state index contributed by atoms with van der Waals surface area (Å²) in [6, 6.07) is 7.33. The Labute approximate surface area is 94.0 Å². The topological polar surface area (TPSA) is 40.5 Å². The molecule has 0 radical (unpaired) electrons. The molecule has 0 saturated heterocycles. The zero-order valence-corrected chi connectivity index (χ0v) is 9.00.